The smallest absolute Gasteiger partial charge is 0.328 e. The summed E-state index contributed by atoms with van der Waals surface area (Å²) < 4.78 is 5.31. The summed E-state index contributed by atoms with van der Waals surface area (Å²) in [6, 6.07) is 7.67. The fourth-order valence-corrected chi connectivity index (χ4v) is 1.70. The van der Waals surface area contributed by atoms with Crippen molar-refractivity contribution < 1.29 is 14.3 Å². The second kappa shape index (κ2) is 5.50. The van der Waals surface area contributed by atoms with E-state index in [1.165, 1.54) is 6.08 Å². The lowest BCUT2D eigenvalue weighted by Gasteiger charge is -1.96. The number of carboxylic acids is 1. The molecule has 1 aromatic carbocycles. The van der Waals surface area contributed by atoms with E-state index in [2.05, 4.69) is 10.2 Å². The maximum atomic E-state index is 10.3. The molecule has 0 aliphatic rings. The standard InChI is InChI=1S/C12H10N2O3S/c1-18-9-4-2-8(3-5-9)12-14-13-10(17-12)6-7-11(15)16/h2-7H,1H3,(H,15,16)/b7-6+. The molecule has 1 heterocycles. The van der Waals surface area contributed by atoms with E-state index in [4.69, 9.17) is 9.52 Å². The molecule has 2 rings (SSSR count). The average Bonchev–Trinajstić information content (AvgIpc) is 2.85. The van der Waals surface area contributed by atoms with Gasteiger partial charge in [0.15, 0.2) is 0 Å². The van der Waals surface area contributed by atoms with Crippen LogP contribution in [0.25, 0.3) is 17.5 Å². The maximum absolute atomic E-state index is 10.3. The molecule has 0 spiro atoms. The van der Waals surface area contributed by atoms with Gasteiger partial charge in [0.05, 0.1) is 0 Å². The van der Waals surface area contributed by atoms with Crippen molar-refractivity contribution in [1.82, 2.24) is 10.2 Å². The number of rotatable bonds is 4. The first-order chi connectivity index (χ1) is 8.69. The fraction of sp³-hybridized carbons (Fsp3) is 0.0833. The average molecular weight is 262 g/mol. The van der Waals surface area contributed by atoms with E-state index in [-0.39, 0.29) is 5.89 Å². The summed E-state index contributed by atoms with van der Waals surface area (Å²) in [7, 11) is 0. The first-order valence-corrected chi connectivity index (χ1v) is 6.30. The van der Waals surface area contributed by atoms with Gasteiger partial charge in [-0.3, -0.25) is 0 Å². The third-order valence-electron chi connectivity index (χ3n) is 2.15. The zero-order chi connectivity index (χ0) is 13.0. The lowest BCUT2D eigenvalue weighted by atomic mass is 10.2. The molecule has 0 amide bonds. The maximum Gasteiger partial charge on any atom is 0.328 e. The Morgan fingerprint density at radius 2 is 2.06 bits per heavy atom. The molecule has 0 atom stereocenters. The van der Waals surface area contributed by atoms with Gasteiger partial charge in [0.1, 0.15) is 0 Å². The number of aliphatic carboxylic acids is 1. The van der Waals surface area contributed by atoms with Crippen LogP contribution in [0.3, 0.4) is 0 Å². The highest BCUT2D eigenvalue weighted by molar-refractivity contribution is 7.98. The Balaban J connectivity index is 2.20. The van der Waals surface area contributed by atoms with Gasteiger partial charge in [-0.15, -0.1) is 22.0 Å². The molecule has 0 aliphatic heterocycles. The Labute approximate surface area is 108 Å². The highest BCUT2D eigenvalue weighted by Gasteiger charge is 2.06. The molecule has 0 bridgehead atoms. The third-order valence-corrected chi connectivity index (χ3v) is 2.89. The molecule has 1 aromatic heterocycles. The Bertz CT molecular complexity index is 575. The molecule has 0 fully saturated rings. The summed E-state index contributed by atoms with van der Waals surface area (Å²) in [5, 5.41) is 16.1. The molecule has 0 radical (unpaired) electrons. The second-order valence-corrected chi connectivity index (χ2v) is 4.23. The van der Waals surface area contributed by atoms with E-state index in [9.17, 15) is 4.79 Å². The number of carboxylic acid groups (broad SMARTS) is 1. The van der Waals surface area contributed by atoms with Crippen molar-refractivity contribution in [3.05, 3.63) is 36.2 Å². The second-order valence-electron chi connectivity index (χ2n) is 3.35. The van der Waals surface area contributed by atoms with Gasteiger partial charge in [0.2, 0.25) is 11.8 Å². The van der Waals surface area contributed by atoms with Crippen molar-refractivity contribution >= 4 is 23.8 Å². The summed E-state index contributed by atoms with van der Waals surface area (Å²) >= 11 is 1.65. The molecule has 6 heteroatoms. The van der Waals surface area contributed by atoms with Crippen LogP contribution in [-0.4, -0.2) is 27.5 Å². The number of hydrogen-bond donors (Lipinski definition) is 1. The Kier molecular flexibility index (Phi) is 3.78. The highest BCUT2D eigenvalue weighted by atomic mass is 32.2. The zero-order valence-corrected chi connectivity index (χ0v) is 10.3. The summed E-state index contributed by atoms with van der Waals surface area (Å²) in [6.07, 6.45) is 4.21. The van der Waals surface area contributed by atoms with Gasteiger partial charge in [0, 0.05) is 22.6 Å². The van der Waals surface area contributed by atoms with Gasteiger partial charge in [-0.05, 0) is 30.5 Å². The number of aromatic nitrogens is 2. The molecular weight excluding hydrogens is 252 g/mol. The van der Waals surface area contributed by atoms with Crippen molar-refractivity contribution in [1.29, 1.82) is 0 Å². The van der Waals surface area contributed by atoms with E-state index in [1.54, 1.807) is 11.8 Å². The molecule has 0 saturated carbocycles. The molecule has 1 N–H and O–H groups in total. The summed E-state index contributed by atoms with van der Waals surface area (Å²) in [5.41, 5.74) is 0.801. The van der Waals surface area contributed by atoms with Crippen molar-refractivity contribution in [3.8, 4) is 11.5 Å². The lowest BCUT2D eigenvalue weighted by Crippen LogP contribution is -1.85. The number of thioether (sulfide) groups is 1. The van der Waals surface area contributed by atoms with E-state index >= 15 is 0 Å². The number of hydrogen-bond acceptors (Lipinski definition) is 5. The van der Waals surface area contributed by atoms with Crippen LogP contribution >= 0.6 is 11.8 Å². The van der Waals surface area contributed by atoms with Crippen molar-refractivity contribution in [2.24, 2.45) is 0 Å². The van der Waals surface area contributed by atoms with E-state index in [1.807, 2.05) is 30.5 Å². The molecular formula is C12H10N2O3S. The van der Waals surface area contributed by atoms with Gasteiger partial charge in [-0.1, -0.05) is 0 Å². The number of benzene rings is 1. The topological polar surface area (TPSA) is 76.2 Å². The Hall–Kier alpha value is -2.08. The van der Waals surface area contributed by atoms with Gasteiger partial charge < -0.3 is 9.52 Å². The Morgan fingerprint density at radius 3 is 2.67 bits per heavy atom. The first-order valence-electron chi connectivity index (χ1n) is 5.08. The van der Waals surface area contributed by atoms with E-state index in [0.717, 1.165) is 16.5 Å². The van der Waals surface area contributed by atoms with Gasteiger partial charge in [0.25, 0.3) is 0 Å². The molecule has 0 unspecified atom stereocenters. The van der Waals surface area contributed by atoms with Crippen LogP contribution in [0, 0.1) is 0 Å². The summed E-state index contributed by atoms with van der Waals surface area (Å²) in [5.74, 6) is -0.520. The Morgan fingerprint density at radius 1 is 1.33 bits per heavy atom. The predicted molar refractivity (Wildman–Crippen MR) is 68.2 cm³/mol. The molecule has 18 heavy (non-hydrogen) atoms. The van der Waals surface area contributed by atoms with Crippen LogP contribution in [-0.2, 0) is 4.79 Å². The minimum Gasteiger partial charge on any atom is -0.478 e. The molecule has 0 aliphatic carbocycles. The molecule has 5 nitrogen and oxygen atoms in total. The predicted octanol–water partition coefficient (Wildman–Crippen LogP) is 2.56. The van der Waals surface area contributed by atoms with Crippen LogP contribution in [0.1, 0.15) is 5.89 Å². The van der Waals surface area contributed by atoms with Gasteiger partial charge >= 0.3 is 5.97 Å². The van der Waals surface area contributed by atoms with Crippen molar-refractivity contribution in [2.45, 2.75) is 4.90 Å². The first kappa shape index (κ1) is 12.4. The normalized spacial score (nSPS) is 10.9. The van der Waals surface area contributed by atoms with Crippen LogP contribution in [0.2, 0.25) is 0 Å². The largest absolute Gasteiger partial charge is 0.478 e. The third kappa shape index (κ3) is 2.98. The molecule has 92 valence electrons. The summed E-state index contributed by atoms with van der Waals surface area (Å²) in [6.45, 7) is 0. The van der Waals surface area contributed by atoms with Crippen LogP contribution < -0.4 is 0 Å². The lowest BCUT2D eigenvalue weighted by molar-refractivity contribution is -0.131. The van der Waals surface area contributed by atoms with Crippen LogP contribution in [0.4, 0.5) is 0 Å². The van der Waals surface area contributed by atoms with Crippen LogP contribution in [0.5, 0.6) is 0 Å². The highest BCUT2D eigenvalue weighted by Crippen LogP contribution is 2.22. The SMILES string of the molecule is CSc1ccc(-c2nnc(/C=C/C(=O)O)o2)cc1. The molecule has 2 aromatic rings. The summed E-state index contributed by atoms with van der Waals surface area (Å²) in [4.78, 5) is 11.5. The quantitative estimate of drug-likeness (QED) is 0.674. The molecule has 0 saturated heterocycles. The van der Waals surface area contributed by atoms with E-state index < -0.39 is 5.97 Å². The fourth-order valence-electron chi connectivity index (χ4n) is 1.29. The van der Waals surface area contributed by atoms with E-state index in [0.29, 0.717) is 5.89 Å². The number of carbonyl (C=O) groups is 1. The zero-order valence-electron chi connectivity index (χ0n) is 9.53. The van der Waals surface area contributed by atoms with Gasteiger partial charge in [-0.25, -0.2) is 4.79 Å². The van der Waals surface area contributed by atoms with Gasteiger partial charge in [-0.2, -0.15) is 0 Å². The number of nitrogens with zero attached hydrogens (tertiary/aromatic N) is 2. The van der Waals surface area contributed by atoms with Crippen molar-refractivity contribution in [3.63, 3.8) is 0 Å². The minimum absolute atomic E-state index is 0.168. The van der Waals surface area contributed by atoms with Crippen LogP contribution in [0.15, 0.2) is 39.7 Å². The monoisotopic (exact) mass is 262 g/mol. The van der Waals surface area contributed by atoms with Crippen molar-refractivity contribution in [2.75, 3.05) is 6.26 Å². The minimum atomic E-state index is -1.06.